The number of nitrogens with one attached hydrogen (secondary N) is 1. The number of anilines is 1. The highest BCUT2D eigenvalue weighted by atomic mass is 19.4. The van der Waals surface area contributed by atoms with Crippen molar-refractivity contribution in [3.63, 3.8) is 0 Å². The molecule has 1 amide bonds. The molecule has 4 nitrogen and oxygen atoms in total. The zero-order valence-electron chi connectivity index (χ0n) is 20.9. The van der Waals surface area contributed by atoms with Gasteiger partial charge in [-0.05, 0) is 48.4 Å². The average Bonchev–Trinajstić information content (AvgIpc) is 2.86. The van der Waals surface area contributed by atoms with E-state index in [1.807, 2.05) is 0 Å². The molecule has 1 N–H and O–H groups in total. The summed E-state index contributed by atoms with van der Waals surface area (Å²) in [6.07, 6.45) is 9.45. The van der Waals surface area contributed by atoms with Crippen LogP contribution in [0.2, 0.25) is 0 Å². The second-order valence-corrected chi connectivity index (χ2v) is 8.80. The molecular formula is C29H35F3N2O2. The van der Waals surface area contributed by atoms with Crippen LogP contribution in [0, 0.1) is 11.3 Å². The molecule has 0 aliphatic rings. The third kappa shape index (κ3) is 11.0. The molecule has 36 heavy (non-hydrogen) atoms. The van der Waals surface area contributed by atoms with E-state index >= 15 is 0 Å². The van der Waals surface area contributed by atoms with Crippen molar-refractivity contribution >= 4 is 17.7 Å². The molecule has 0 aliphatic carbocycles. The molecule has 2 rings (SSSR count). The number of carbonyl (C=O) groups is 1. The van der Waals surface area contributed by atoms with Crippen LogP contribution in [0.1, 0.15) is 82.3 Å². The molecule has 0 atom stereocenters. The van der Waals surface area contributed by atoms with Crippen LogP contribution >= 0.6 is 0 Å². The quantitative estimate of drug-likeness (QED) is 0.151. The molecule has 194 valence electrons. The SMILES string of the molecule is CCCCCCCCCCCCOc1ccc(C=C(C#N)C(=O)Nc2cccc(C(F)(F)F)c2)cc1. The van der Waals surface area contributed by atoms with Crippen LogP contribution in [0.3, 0.4) is 0 Å². The Balaban J connectivity index is 1.76. The number of unbranched alkanes of at least 4 members (excludes halogenated alkanes) is 9. The lowest BCUT2D eigenvalue weighted by molar-refractivity contribution is -0.137. The fraction of sp³-hybridized carbons (Fsp3) is 0.448. The van der Waals surface area contributed by atoms with Crippen LogP contribution in [0.15, 0.2) is 54.1 Å². The molecule has 0 radical (unpaired) electrons. The highest BCUT2D eigenvalue weighted by Gasteiger charge is 2.30. The molecule has 0 unspecified atom stereocenters. The molecule has 0 fully saturated rings. The lowest BCUT2D eigenvalue weighted by Gasteiger charge is -2.09. The summed E-state index contributed by atoms with van der Waals surface area (Å²) in [5.74, 6) is -0.0758. The zero-order chi connectivity index (χ0) is 26.2. The molecule has 0 aromatic heterocycles. The van der Waals surface area contributed by atoms with E-state index in [2.05, 4.69) is 12.2 Å². The summed E-state index contributed by atoms with van der Waals surface area (Å²) in [5, 5.41) is 11.7. The van der Waals surface area contributed by atoms with Crippen LogP contribution in [-0.2, 0) is 11.0 Å². The van der Waals surface area contributed by atoms with Gasteiger partial charge in [-0.15, -0.1) is 0 Å². The maximum absolute atomic E-state index is 12.9. The van der Waals surface area contributed by atoms with E-state index in [1.165, 1.54) is 69.6 Å². The van der Waals surface area contributed by atoms with E-state index in [9.17, 15) is 23.2 Å². The van der Waals surface area contributed by atoms with Crippen molar-refractivity contribution in [2.75, 3.05) is 11.9 Å². The van der Waals surface area contributed by atoms with Gasteiger partial charge in [0.15, 0.2) is 0 Å². The van der Waals surface area contributed by atoms with Crippen LogP contribution in [0.25, 0.3) is 6.08 Å². The lowest BCUT2D eigenvalue weighted by atomic mass is 10.1. The average molecular weight is 501 g/mol. The number of hydrogen-bond acceptors (Lipinski definition) is 3. The first-order valence-electron chi connectivity index (χ1n) is 12.7. The van der Waals surface area contributed by atoms with Gasteiger partial charge in [-0.3, -0.25) is 4.79 Å². The number of benzene rings is 2. The van der Waals surface area contributed by atoms with Gasteiger partial charge in [0.05, 0.1) is 12.2 Å². The molecule has 2 aromatic carbocycles. The fourth-order valence-corrected chi connectivity index (χ4v) is 3.73. The van der Waals surface area contributed by atoms with Gasteiger partial charge in [0, 0.05) is 5.69 Å². The van der Waals surface area contributed by atoms with Crippen molar-refractivity contribution in [1.29, 1.82) is 5.26 Å². The topological polar surface area (TPSA) is 62.1 Å². The molecule has 2 aromatic rings. The second-order valence-electron chi connectivity index (χ2n) is 8.80. The monoisotopic (exact) mass is 500 g/mol. The predicted molar refractivity (Wildman–Crippen MR) is 137 cm³/mol. The Kier molecular flexibility index (Phi) is 12.6. The first-order valence-corrected chi connectivity index (χ1v) is 12.7. The molecular weight excluding hydrogens is 465 g/mol. The van der Waals surface area contributed by atoms with Gasteiger partial charge in [0.2, 0.25) is 0 Å². The van der Waals surface area contributed by atoms with E-state index in [1.54, 1.807) is 30.3 Å². The largest absolute Gasteiger partial charge is 0.494 e. The number of nitriles is 1. The summed E-state index contributed by atoms with van der Waals surface area (Å²) in [5.41, 5.74) is -0.522. The number of carbonyl (C=O) groups excluding carboxylic acids is 1. The molecule has 7 heteroatoms. The van der Waals surface area contributed by atoms with E-state index in [4.69, 9.17) is 4.74 Å². The third-order valence-corrected chi connectivity index (χ3v) is 5.77. The Bertz CT molecular complexity index is 1010. The Hall–Kier alpha value is -3.27. The fourth-order valence-electron chi connectivity index (χ4n) is 3.73. The maximum atomic E-state index is 12.9. The minimum absolute atomic E-state index is 0.0355. The number of halogens is 3. The summed E-state index contributed by atoms with van der Waals surface area (Å²) < 4.78 is 44.4. The highest BCUT2D eigenvalue weighted by molar-refractivity contribution is 6.09. The van der Waals surface area contributed by atoms with Crippen molar-refractivity contribution in [1.82, 2.24) is 0 Å². The predicted octanol–water partition coefficient (Wildman–Crippen LogP) is 8.55. The van der Waals surface area contributed by atoms with E-state index in [0.29, 0.717) is 17.9 Å². The van der Waals surface area contributed by atoms with Crippen molar-refractivity contribution in [3.8, 4) is 11.8 Å². The van der Waals surface area contributed by atoms with Crippen molar-refractivity contribution in [2.45, 2.75) is 77.3 Å². The number of ether oxygens (including phenoxy) is 1. The number of amides is 1. The second kappa shape index (κ2) is 15.7. The maximum Gasteiger partial charge on any atom is 0.416 e. The number of hydrogen-bond donors (Lipinski definition) is 1. The van der Waals surface area contributed by atoms with Crippen LogP contribution in [0.5, 0.6) is 5.75 Å². The molecule has 0 saturated heterocycles. The summed E-state index contributed by atoms with van der Waals surface area (Å²) in [6, 6.07) is 13.1. The summed E-state index contributed by atoms with van der Waals surface area (Å²) >= 11 is 0. The molecule has 0 bridgehead atoms. The lowest BCUT2D eigenvalue weighted by Crippen LogP contribution is -2.14. The third-order valence-electron chi connectivity index (χ3n) is 5.77. The minimum Gasteiger partial charge on any atom is -0.494 e. The van der Waals surface area contributed by atoms with Crippen LogP contribution in [0.4, 0.5) is 18.9 Å². The number of nitrogens with zero attached hydrogens (tertiary/aromatic N) is 1. The van der Waals surface area contributed by atoms with Gasteiger partial charge >= 0.3 is 6.18 Å². The number of rotatable bonds is 15. The standard InChI is InChI=1S/C29H35F3N2O2/c1-2-3-4-5-6-7-8-9-10-11-19-36-27-17-15-23(16-18-27)20-24(22-33)28(35)34-26-14-12-13-25(21-26)29(30,31)32/h12-18,20-21H,2-11,19H2,1H3,(H,34,35). The molecule has 0 spiro atoms. The van der Waals surface area contributed by atoms with Crippen LogP contribution < -0.4 is 10.1 Å². The first kappa shape index (κ1) is 29.0. The minimum atomic E-state index is -4.52. The van der Waals surface area contributed by atoms with E-state index in [0.717, 1.165) is 25.0 Å². The summed E-state index contributed by atoms with van der Waals surface area (Å²) in [7, 11) is 0. The highest BCUT2D eigenvalue weighted by Crippen LogP contribution is 2.30. The van der Waals surface area contributed by atoms with Gasteiger partial charge in [-0.2, -0.15) is 18.4 Å². The first-order chi connectivity index (χ1) is 17.3. The summed E-state index contributed by atoms with van der Waals surface area (Å²) in [4.78, 5) is 12.4. The van der Waals surface area contributed by atoms with Crippen molar-refractivity contribution in [2.24, 2.45) is 0 Å². The van der Waals surface area contributed by atoms with Gasteiger partial charge in [0.25, 0.3) is 5.91 Å². The van der Waals surface area contributed by atoms with Crippen molar-refractivity contribution < 1.29 is 22.7 Å². The van der Waals surface area contributed by atoms with Gasteiger partial charge in [-0.1, -0.05) is 82.9 Å². The van der Waals surface area contributed by atoms with Crippen molar-refractivity contribution in [3.05, 3.63) is 65.2 Å². The van der Waals surface area contributed by atoms with Gasteiger partial charge in [0.1, 0.15) is 17.4 Å². The van der Waals surface area contributed by atoms with E-state index < -0.39 is 17.6 Å². The Morgan fingerprint density at radius 2 is 1.56 bits per heavy atom. The zero-order valence-corrected chi connectivity index (χ0v) is 20.9. The van der Waals surface area contributed by atoms with Crippen LogP contribution in [-0.4, -0.2) is 12.5 Å². The Labute approximate surface area is 212 Å². The van der Waals surface area contributed by atoms with E-state index in [-0.39, 0.29) is 11.3 Å². The normalized spacial score (nSPS) is 11.7. The van der Waals surface area contributed by atoms with Gasteiger partial charge < -0.3 is 10.1 Å². The van der Waals surface area contributed by atoms with Gasteiger partial charge in [-0.25, -0.2) is 0 Å². The Morgan fingerprint density at radius 3 is 2.14 bits per heavy atom. The number of alkyl halides is 3. The molecule has 0 aliphatic heterocycles. The molecule has 0 heterocycles. The summed E-state index contributed by atoms with van der Waals surface area (Å²) in [6.45, 7) is 2.86. The Morgan fingerprint density at radius 1 is 0.944 bits per heavy atom. The smallest absolute Gasteiger partial charge is 0.416 e. The molecule has 0 saturated carbocycles.